The molecule has 182 valence electrons. The minimum absolute atomic E-state index is 0.262. The first-order valence-corrected chi connectivity index (χ1v) is 12.2. The van der Waals surface area contributed by atoms with Crippen LogP contribution in [0.25, 0.3) is 0 Å². The number of carbonyl (C=O) groups excluding carboxylic acids is 2. The minimum atomic E-state index is -0.594. The Kier molecular flexibility index (Phi) is 8.14. The van der Waals surface area contributed by atoms with Crippen LogP contribution >= 0.6 is 27.3 Å². The van der Waals surface area contributed by atoms with Crippen molar-refractivity contribution in [3.8, 4) is 0 Å². The number of ether oxygens (including phenoxy) is 3. The topological polar surface area (TPSA) is 117 Å². The monoisotopic (exact) mass is 543 g/mol. The molecule has 1 aliphatic rings. The van der Waals surface area contributed by atoms with E-state index in [-0.39, 0.29) is 30.8 Å². The van der Waals surface area contributed by atoms with Crippen molar-refractivity contribution in [1.82, 2.24) is 20.1 Å². The molecule has 2 amide bonds. The molecule has 0 spiro atoms. The Balaban J connectivity index is 1.74. The molecule has 0 aliphatic carbocycles. The van der Waals surface area contributed by atoms with E-state index in [4.69, 9.17) is 14.2 Å². The first-order valence-electron chi connectivity index (χ1n) is 10.6. The van der Waals surface area contributed by atoms with Gasteiger partial charge >= 0.3 is 6.09 Å². The predicted molar refractivity (Wildman–Crippen MR) is 128 cm³/mol. The zero-order valence-corrected chi connectivity index (χ0v) is 22.0. The quantitative estimate of drug-likeness (QED) is 0.586. The molecule has 0 aromatic carbocycles. The van der Waals surface area contributed by atoms with E-state index in [9.17, 15) is 9.59 Å². The number of thiazole rings is 1. The van der Waals surface area contributed by atoms with Crippen LogP contribution < -0.4 is 10.6 Å². The summed E-state index contributed by atoms with van der Waals surface area (Å²) in [6, 6.07) is -0.281. The zero-order chi connectivity index (χ0) is 24.3. The molecule has 2 aromatic rings. The zero-order valence-electron chi connectivity index (χ0n) is 19.6. The van der Waals surface area contributed by atoms with Crippen LogP contribution in [0.2, 0.25) is 0 Å². The van der Waals surface area contributed by atoms with Gasteiger partial charge in [0.15, 0.2) is 3.92 Å². The third-order valence-electron chi connectivity index (χ3n) is 5.18. The number of nitrogens with one attached hydrogen (secondary N) is 2. The Morgan fingerprint density at radius 3 is 2.67 bits per heavy atom. The second-order valence-electron chi connectivity index (χ2n) is 8.82. The molecule has 3 rings (SSSR count). The van der Waals surface area contributed by atoms with Crippen LogP contribution in [0.1, 0.15) is 60.8 Å². The SMILES string of the molecule is CO[C@H]1CO[C@H](c2c(NC(=O)c3nc(Br)sc3C)cnn2C)CC[C@H]1NC(=O)OC(C)(C)C. The Labute approximate surface area is 205 Å². The second-order valence-corrected chi connectivity index (χ2v) is 11.3. The lowest BCUT2D eigenvalue weighted by Crippen LogP contribution is -2.46. The number of rotatable bonds is 5. The highest BCUT2D eigenvalue weighted by Crippen LogP contribution is 2.33. The van der Waals surface area contributed by atoms with Gasteiger partial charge in [-0.25, -0.2) is 9.78 Å². The molecule has 3 atom stereocenters. The van der Waals surface area contributed by atoms with Crippen LogP contribution in [0.15, 0.2) is 10.1 Å². The molecule has 0 unspecified atom stereocenters. The molecule has 1 fully saturated rings. The summed E-state index contributed by atoms with van der Waals surface area (Å²) in [5, 5.41) is 10.1. The molecule has 2 N–H and O–H groups in total. The molecular formula is C21H30BrN5O5S. The Morgan fingerprint density at radius 2 is 2.06 bits per heavy atom. The normalized spacial score (nSPS) is 21.4. The lowest BCUT2D eigenvalue weighted by atomic mass is 10.0. The van der Waals surface area contributed by atoms with Gasteiger partial charge in [0.05, 0.1) is 30.2 Å². The van der Waals surface area contributed by atoms with E-state index in [1.54, 1.807) is 25.0 Å². The van der Waals surface area contributed by atoms with Crippen LogP contribution in [0.5, 0.6) is 0 Å². The van der Waals surface area contributed by atoms with Gasteiger partial charge in [-0.1, -0.05) is 0 Å². The highest BCUT2D eigenvalue weighted by atomic mass is 79.9. The maximum Gasteiger partial charge on any atom is 0.407 e. The fourth-order valence-electron chi connectivity index (χ4n) is 3.68. The Hall–Kier alpha value is -2.02. The third kappa shape index (κ3) is 6.52. The van der Waals surface area contributed by atoms with Gasteiger partial charge in [0.2, 0.25) is 0 Å². The van der Waals surface area contributed by atoms with Gasteiger partial charge in [0, 0.05) is 19.0 Å². The largest absolute Gasteiger partial charge is 0.444 e. The lowest BCUT2D eigenvalue weighted by Gasteiger charge is -2.26. The van der Waals surface area contributed by atoms with Gasteiger partial charge in [-0.3, -0.25) is 9.48 Å². The van der Waals surface area contributed by atoms with Gasteiger partial charge in [-0.2, -0.15) is 5.10 Å². The maximum absolute atomic E-state index is 12.8. The second kappa shape index (κ2) is 10.5. The average Bonchev–Trinajstić information content (AvgIpc) is 3.16. The van der Waals surface area contributed by atoms with E-state index >= 15 is 0 Å². The molecule has 0 radical (unpaired) electrons. The Bertz CT molecular complexity index is 1000. The van der Waals surface area contributed by atoms with Crippen molar-refractivity contribution in [2.24, 2.45) is 7.05 Å². The van der Waals surface area contributed by atoms with Crippen molar-refractivity contribution in [3.63, 3.8) is 0 Å². The van der Waals surface area contributed by atoms with Crippen molar-refractivity contribution in [2.75, 3.05) is 19.0 Å². The smallest absolute Gasteiger partial charge is 0.407 e. The fourth-order valence-corrected chi connectivity index (χ4v) is 5.21. The predicted octanol–water partition coefficient (Wildman–Crippen LogP) is 3.96. The number of hydrogen-bond donors (Lipinski definition) is 2. The van der Waals surface area contributed by atoms with E-state index in [0.29, 0.717) is 28.1 Å². The highest BCUT2D eigenvalue weighted by Gasteiger charge is 2.33. The van der Waals surface area contributed by atoms with E-state index in [1.165, 1.54) is 11.3 Å². The number of alkyl carbamates (subject to hydrolysis) is 1. The molecule has 0 bridgehead atoms. The van der Waals surface area contributed by atoms with Crippen molar-refractivity contribution >= 4 is 45.0 Å². The van der Waals surface area contributed by atoms with Crippen LogP contribution in [0, 0.1) is 6.92 Å². The first kappa shape index (κ1) is 25.6. The summed E-state index contributed by atoms with van der Waals surface area (Å²) in [6.07, 6.45) is 1.60. The van der Waals surface area contributed by atoms with Crippen molar-refractivity contribution in [1.29, 1.82) is 0 Å². The average molecular weight is 544 g/mol. The summed E-state index contributed by atoms with van der Waals surface area (Å²) in [6.45, 7) is 7.56. The Morgan fingerprint density at radius 1 is 1.33 bits per heavy atom. The third-order valence-corrected chi connectivity index (χ3v) is 6.60. The molecule has 1 saturated heterocycles. The number of halogens is 1. The molecule has 3 heterocycles. The summed E-state index contributed by atoms with van der Waals surface area (Å²) < 4.78 is 19.5. The molecular weight excluding hydrogens is 514 g/mol. The summed E-state index contributed by atoms with van der Waals surface area (Å²) in [4.78, 5) is 30.2. The first-order chi connectivity index (χ1) is 15.5. The number of anilines is 1. The standard InChI is InChI=1S/C21H30BrN5O5S/c1-11-16(26-19(22)33-11)18(28)24-13-9-23-27(5)17(13)14-8-7-12(15(30-6)10-31-14)25-20(29)32-21(2,3)4/h9,12,14-15H,7-8,10H2,1-6H3,(H,24,28)(H,25,29)/t12-,14+,15+/m1/s1. The van der Waals surface area contributed by atoms with E-state index in [2.05, 4.69) is 36.6 Å². The number of aryl methyl sites for hydroxylation is 2. The van der Waals surface area contributed by atoms with Gasteiger partial charge in [-0.05, 0) is 56.5 Å². The molecule has 1 aliphatic heterocycles. The van der Waals surface area contributed by atoms with Crippen LogP contribution in [0.3, 0.4) is 0 Å². The lowest BCUT2D eigenvalue weighted by molar-refractivity contribution is -0.0263. The van der Waals surface area contributed by atoms with E-state index < -0.39 is 11.7 Å². The fraction of sp³-hybridized carbons (Fsp3) is 0.619. The van der Waals surface area contributed by atoms with Crippen LogP contribution in [-0.4, -0.2) is 58.2 Å². The number of hydrogen-bond acceptors (Lipinski definition) is 8. The maximum atomic E-state index is 12.8. The molecule has 0 saturated carbocycles. The van der Waals surface area contributed by atoms with Crippen molar-refractivity contribution < 1.29 is 23.8 Å². The number of methoxy groups -OCH3 is 1. The van der Waals surface area contributed by atoms with Gasteiger partial charge in [-0.15, -0.1) is 11.3 Å². The summed E-state index contributed by atoms with van der Waals surface area (Å²) in [5.41, 5.74) is 1.07. The molecule has 12 heteroatoms. The summed E-state index contributed by atoms with van der Waals surface area (Å²) in [5.74, 6) is -0.309. The molecule has 33 heavy (non-hydrogen) atoms. The van der Waals surface area contributed by atoms with E-state index in [0.717, 1.165) is 10.6 Å². The van der Waals surface area contributed by atoms with Gasteiger partial charge < -0.3 is 24.8 Å². The van der Waals surface area contributed by atoms with Gasteiger partial charge in [0.25, 0.3) is 5.91 Å². The molecule has 2 aromatic heterocycles. The van der Waals surface area contributed by atoms with E-state index in [1.807, 2.05) is 27.7 Å². The van der Waals surface area contributed by atoms with Gasteiger partial charge in [0.1, 0.15) is 23.5 Å². The van der Waals surface area contributed by atoms with Crippen molar-refractivity contribution in [2.45, 2.75) is 64.4 Å². The van der Waals surface area contributed by atoms with Crippen molar-refractivity contribution in [3.05, 3.63) is 26.4 Å². The number of aromatic nitrogens is 3. The molecule has 10 nitrogen and oxygen atoms in total. The summed E-state index contributed by atoms with van der Waals surface area (Å²) >= 11 is 4.72. The number of nitrogens with zero attached hydrogens (tertiary/aromatic N) is 3. The number of amides is 2. The number of carbonyl (C=O) groups is 2. The van der Waals surface area contributed by atoms with Crippen LogP contribution in [0.4, 0.5) is 10.5 Å². The van der Waals surface area contributed by atoms with Crippen LogP contribution in [-0.2, 0) is 21.3 Å². The minimum Gasteiger partial charge on any atom is -0.444 e. The highest BCUT2D eigenvalue weighted by molar-refractivity contribution is 9.11. The summed E-state index contributed by atoms with van der Waals surface area (Å²) in [7, 11) is 3.39.